The van der Waals surface area contributed by atoms with Crippen molar-refractivity contribution in [2.75, 3.05) is 32.9 Å². The minimum Gasteiger partial charge on any atom is -0.479 e. The quantitative estimate of drug-likeness (QED) is 0.581. The van der Waals surface area contributed by atoms with E-state index in [9.17, 15) is 14.7 Å². The van der Waals surface area contributed by atoms with Gasteiger partial charge in [-0.05, 0) is 0 Å². The highest BCUT2D eigenvalue weighted by molar-refractivity contribution is 5.87. The summed E-state index contributed by atoms with van der Waals surface area (Å²) in [4.78, 5) is 23.1. The van der Waals surface area contributed by atoms with Crippen LogP contribution in [0.3, 0.4) is 0 Å². The van der Waals surface area contributed by atoms with Crippen LogP contribution in [-0.4, -0.2) is 61.5 Å². The molecule has 7 nitrogen and oxygen atoms in total. The van der Waals surface area contributed by atoms with Crippen LogP contribution in [0.1, 0.15) is 12.8 Å². The van der Waals surface area contributed by atoms with E-state index in [-0.39, 0.29) is 25.0 Å². The van der Waals surface area contributed by atoms with Crippen LogP contribution >= 0.6 is 0 Å². The molecule has 2 unspecified atom stereocenters. The number of morpholine rings is 1. The van der Waals surface area contributed by atoms with Gasteiger partial charge in [0.2, 0.25) is 5.91 Å². The number of hydrogen-bond donors (Lipinski definition) is 3. The molecule has 2 saturated heterocycles. The first-order chi connectivity index (χ1) is 8.62. The zero-order valence-corrected chi connectivity index (χ0v) is 10.1. The number of amides is 1. The molecule has 2 fully saturated rings. The number of carbonyl (C=O) groups excluding carboxylic acids is 1. The number of ether oxygens (including phenoxy) is 2. The summed E-state index contributed by atoms with van der Waals surface area (Å²) >= 11 is 0. The van der Waals surface area contributed by atoms with E-state index in [1.54, 1.807) is 0 Å². The van der Waals surface area contributed by atoms with Gasteiger partial charge in [-0.25, -0.2) is 4.79 Å². The van der Waals surface area contributed by atoms with Crippen molar-refractivity contribution in [3.63, 3.8) is 0 Å². The molecule has 0 saturated carbocycles. The predicted octanol–water partition coefficient (Wildman–Crippen LogP) is -1.28. The maximum Gasteiger partial charge on any atom is 0.331 e. The van der Waals surface area contributed by atoms with Gasteiger partial charge in [0.1, 0.15) is 0 Å². The highest BCUT2D eigenvalue weighted by atomic mass is 16.5. The van der Waals surface area contributed by atoms with Gasteiger partial charge in [0.05, 0.1) is 25.7 Å². The van der Waals surface area contributed by atoms with Gasteiger partial charge < -0.3 is 25.2 Å². The Morgan fingerprint density at radius 2 is 2.28 bits per heavy atom. The predicted molar refractivity (Wildman–Crippen MR) is 61.2 cm³/mol. The minimum atomic E-state index is -1.26. The first kappa shape index (κ1) is 13.3. The fourth-order valence-electron chi connectivity index (χ4n) is 2.16. The van der Waals surface area contributed by atoms with Crippen molar-refractivity contribution in [2.24, 2.45) is 0 Å². The Bertz CT molecular complexity index is 321. The summed E-state index contributed by atoms with van der Waals surface area (Å²) in [5.41, 5.74) is -1.26. The highest BCUT2D eigenvalue weighted by Crippen LogP contribution is 2.19. The van der Waals surface area contributed by atoms with Crippen molar-refractivity contribution in [3.8, 4) is 0 Å². The Morgan fingerprint density at radius 3 is 2.83 bits per heavy atom. The van der Waals surface area contributed by atoms with E-state index in [1.165, 1.54) is 0 Å². The molecule has 102 valence electrons. The summed E-state index contributed by atoms with van der Waals surface area (Å²) in [5.74, 6) is -1.35. The molecule has 0 radical (unpaired) electrons. The van der Waals surface area contributed by atoms with Crippen LogP contribution in [0.4, 0.5) is 0 Å². The standard InChI is InChI=1S/C11H18N2O5/c14-9(5-8-6-12-2-4-18-8)13-11(10(15)16)1-3-17-7-11/h8,12H,1-7H2,(H,13,14)(H,15,16). The van der Waals surface area contributed by atoms with Gasteiger partial charge in [-0.15, -0.1) is 0 Å². The van der Waals surface area contributed by atoms with Crippen LogP contribution in [0.5, 0.6) is 0 Å². The molecule has 3 N–H and O–H groups in total. The molecular formula is C11H18N2O5. The average Bonchev–Trinajstić information content (AvgIpc) is 2.80. The zero-order chi connectivity index (χ0) is 13.0. The van der Waals surface area contributed by atoms with Crippen molar-refractivity contribution in [1.29, 1.82) is 0 Å². The molecule has 0 aromatic rings. The van der Waals surface area contributed by atoms with E-state index in [0.717, 1.165) is 6.54 Å². The van der Waals surface area contributed by atoms with Gasteiger partial charge in [0.15, 0.2) is 5.54 Å². The van der Waals surface area contributed by atoms with E-state index in [4.69, 9.17) is 9.47 Å². The third kappa shape index (κ3) is 2.98. The normalized spacial score (nSPS) is 32.1. The van der Waals surface area contributed by atoms with E-state index in [2.05, 4.69) is 10.6 Å². The lowest BCUT2D eigenvalue weighted by Crippen LogP contribution is -2.56. The number of hydrogen-bond acceptors (Lipinski definition) is 5. The lowest BCUT2D eigenvalue weighted by atomic mass is 9.98. The largest absolute Gasteiger partial charge is 0.479 e. The second kappa shape index (κ2) is 5.64. The van der Waals surface area contributed by atoms with Crippen molar-refractivity contribution >= 4 is 11.9 Å². The Morgan fingerprint density at radius 1 is 1.44 bits per heavy atom. The average molecular weight is 258 g/mol. The van der Waals surface area contributed by atoms with Gasteiger partial charge in [-0.3, -0.25) is 4.79 Å². The topological polar surface area (TPSA) is 96.9 Å². The van der Waals surface area contributed by atoms with Gasteiger partial charge >= 0.3 is 5.97 Å². The molecule has 0 spiro atoms. The molecule has 0 aliphatic carbocycles. The van der Waals surface area contributed by atoms with Crippen molar-refractivity contribution in [2.45, 2.75) is 24.5 Å². The second-order valence-corrected chi connectivity index (χ2v) is 4.64. The summed E-state index contributed by atoms with van der Waals surface area (Å²) in [6, 6.07) is 0. The van der Waals surface area contributed by atoms with Gasteiger partial charge in [0.25, 0.3) is 0 Å². The molecule has 18 heavy (non-hydrogen) atoms. The minimum absolute atomic E-state index is 0.0256. The lowest BCUT2D eigenvalue weighted by Gasteiger charge is -2.27. The van der Waals surface area contributed by atoms with Gasteiger partial charge in [-0.1, -0.05) is 0 Å². The molecule has 0 aromatic carbocycles. The fraction of sp³-hybridized carbons (Fsp3) is 0.818. The van der Waals surface area contributed by atoms with Crippen molar-refractivity contribution in [1.82, 2.24) is 10.6 Å². The number of carbonyl (C=O) groups is 2. The molecule has 0 bridgehead atoms. The molecular weight excluding hydrogens is 240 g/mol. The number of nitrogens with one attached hydrogen (secondary N) is 2. The molecule has 2 aliphatic rings. The lowest BCUT2D eigenvalue weighted by molar-refractivity contribution is -0.148. The third-order valence-electron chi connectivity index (χ3n) is 3.23. The smallest absolute Gasteiger partial charge is 0.331 e. The van der Waals surface area contributed by atoms with E-state index >= 15 is 0 Å². The molecule has 2 rings (SSSR count). The summed E-state index contributed by atoms with van der Waals surface area (Å²) in [5, 5.41) is 14.9. The number of rotatable bonds is 4. The number of carboxylic acids is 1. The Labute approximate surface area is 105 Å². The summed E-state index contributed by atoms with van der Waals surface area (Å²) in [7, 11) is 0. The van der Waals surface area contributed by atoms with E-state index in [0.29, 0.717) is 26.2 Å². The van der Waals surface area contributed by atoms with E-state index < -0.39 is 11.5 Å². The molecule has 2 aliphatic heterocycles. The van der Waals surface area contributed by atoms with Crippen LogP contribution in [0.15, 0.2) is 0 Å². The molecule has 7 heteroatoms. The summed E-state index contributed by atoms with van der Waals surface area (Å²) in [6.07, 6.45) is 0.284. The Hall–Kier alpha value is -1.18. The SMILES string of the molecule is O=C(CC1CNCCO1)NC1(C(=O)O)CCOC1. The van der Waals surface area contributed by atoms with Crippen molar-refractivity contribution < 1.29 is 24.2 Å². The molecule has 1 amide bonds. The van der Waals surface area contributed by atoms with Crippen LogP contribution in [0.25, 0.3) is 0 Å². The van der Waals surface area contributed by atoms with Crippen molar-refractivity contribution in [3.05, 3.63) is 0 Å². The maximum atomic E-state index is 11.8. The van der Waals surface area contributed by atoms with Gasteiger partial charge in [0, 0.05) is 26.1 Å². The molecule has 0 aromatic heterocycles. The maximum absolute atomic E-state index is 11.8. The van der Waals surface area contributed by atoms with Crippen LogP contribution in [-0.2, 0) is 19.1 Å². The first-order valence-corrected chi connectivity index (χ1v) is 6.07. The van der Waals surface area contributed by atoms with Gasteiger partial charge in [-0.2, -0.15) is 0 Å². The second-order valence-electron chi connectivity index (χ2n) is 4.64. The Balaban J connectivity index is 1.87. The number of carboxylic acid groups (broad SMARTS) is 1. The van der Waals surface area contributed by atoms with Crippen LogP contribution < -0.4 is 10.6 Å². The monoisotopic (exact) mass is 258 g/mol. The highest BCUT2D eigenvalue weighted by Gasteiger charge is 2.44. The summed E-state index contributed by atoms with van der Waals surface area (Å²) < 4.78 is 10.5. The third-order valence-corrected chi connectivity index (χ3v) is 3.23. The Kier molecular flexibility index (Phi) is 4.15. The van der Waals surface area contributed by atoms with Crippen LogP contribution in [0, 0.1) is 0 Å². The number of aliphatic carboxylic acids is 1. The fourth-order valence-corrected chi connectivity index (χ4v) is 2.16. The first-order valence-electron chi connectivity index (χ1n) is 6.07. The van der Waals surface area contributed by atoms with E-state index in [1.807, 2.05) is 0 Å². The van der Waals surface area contributed by atoms with Crippen LogP contribution in [0.2, 0.25) is 0 Å². The summed E-state index contributed by atoms with van der Waals surface area (Å²) in [6.45, 7) is 2.35. The zero-order valence-electron chi connectivity index (χ0n) is 10.1. The molecule has 2 heterocycles. The molecule has 2 atom stereocenters.